The maximum Gasteiger partial charge on any atom is 0.316 e. The minimum Gasteiger partial charge on any atom is -0.457 e. The summed E-state index contributed by atoms with van der Waals surface area (Å²) in [5, 5.41) is 6.18. The number of likely N-dealkylation sites (N-methyl/N-ethyl adjacent to an activating group) is 1. The average Bonchev–Trinajstić information content (AvgIpc) is 3.21. The van der Waals surface area contributed by atoms with Gasteiger partial charge in [-0.15, -0.1) is 11.8 Å². The van der Waals surface area contributed by atoms with Gasteiger partial charge in [-0.25, -0.2) is 0 Å². The molecule has 9 nitrogen and oxygen atoms in total. The Morgan fingerprint density at radius 3 is 2.79 bits per heavy atom. The molecule has 2 amide bonds. The first-order valence-electron chi connectivity index (χ1n) is 8.72. The van der Waals surface area contributed by atoms with E-state index in [2.05, 4.69) is 10.5 Å². The number of rotatable bonds is 8. The van der Waals surface area contributed by atoms with Gasteiger partial charge in [0.2, 0.25) is 11.8 Å². The zero-order chi connectivity index (χ0) is 21.0. The summed E-state index contributed by atoms with van der Waals surface area (Å²) in [7, 11) is 1.68. The Balaban J connectivity index is 1.39. The van der Waals surface area contributed by atoms with Crippen molar-refractivity contribution in [2.24, 2.45) is 0 Å². The van der Waals surface area contributed by atoms with Crippen LogP contribution in [0.2, 0.25) is 0 Å². The summed E-state index contributed by atoms with van der Waals surface area (Å²) in [6.07, 6.45) is 0.249. The molecule has 1 aromatic heterocycles. The Morgan fingerprint density at radius 1 is 1.28 bits per heavy atom. The summed E-state index contributed by atoms with van der Waals surface area (Å²) in [5.41, 5.74) is 1.94. The molecule has 0 atom stereocenters. The summed E-state index contributed by atoms with van der Waals surface area (Å²) in [4.78, 5) is 49.0. The second-order valence-electron chi connectivity index (χ2n) is 6.42. The zero-order valence-electron chi connectivity index (χ0n) is 15.9. The first kappa shape index (κ1) is 20.6. The van der Waals surface area contributed by atoms with Crippen LogP contribution in [0.25, 0.3) is 0 Å². The molecule has 1 N–H and O–H groups in total. The van der Waals surface area contributed by atoms with Crippen LogP contribution < -0.4 is 10.2 Å². The lowest BCUT2D eigenvalue weighted by molar-refractivity contribution is -0.139. The predicted octanol–water partition coefficient (Wildman–Crippen LogP) is 1.60. The van der Waals surface area contributed by atoms with Crippen molar-refractivity contribution in [3.63, 3.8) is 0 Å². The molecule has 2 aromatic rings. The lowest BCUT2D eigenvalue weighted by atomic mass is 10.1. The Bertz CT molecular complexity index is 971. The summed E-state index contributed by atoms with van der Waals surface area (Å²) >= 11 is 1.06. The van der Waals surface area contributed by atoms with Crippen LogP contribution in [0.5, 0.6) is 0 Å². The number of esters is 1. The second-order valence-corrected chi connectivity index (χ2v) is 7.41. The number of anilines is 2. The van der Waals surface area contributed by atoms with Gasteiger partial charge in [0.05, 0.1) is 17.9 Å². The van der Waals surface area contributed by atoms with E-state index < -0.39 is 12.6 Å². The molecule has 0 radical (unpaired) electrons. The van der Waals surface area contributed by atoms with E-state index in [4.69, 9.17) is 9.26 Å². The van der Waals surface area contributed by atoms with Gasteiger partial charge in [-0.05, 0) is 30.7 Å². The molecule has 1 aliphatic rings. The molecule has 0 bridgehead atoms. The Hall–Kier alpha value is -3.14. The molecule has 0 fully saturated rings. The quantitative estimate of drug-likeness (QED) is 0.508. The third-order valence-corrected chi connectivity index (χ3v) is 5.10. The molecule has 3 rings (SSSR count). The topological polar surface area (TPSA) is 119 Å². The average molecular weight is 417 g/mol. The van der Waals surface area contributed by atoms with E-state index >= 15 is 0 Å². The molecule has 10 heteroatoms. The number of ketones is 1. The third-order valence-electron chi connectivity index (χ3n) is 4.19. The highest BCUT2D eigenvalue weighted by molar-refractivity contribution is 8.00. The van der Waals surface area contributed by atoms with Crippen molar-refractivity contribution in [3.8, 4) is 0 Å². The van der Waals surface area contributed by atoms with Gasteiger partial charge >= 0.3 is 5.97 Å². The molecule has 29 heavy (non-hydrogen) atoms. The SMILES string of the molecule is Cc1cc(NC(=O)CSCC(=O)OCC(=O)c2ccc3c(c2)CC(=O)N3C)no1. The highest BCUT2D eigenvalue weighted by Crippen LogP contribution is 2.28. The lowest BCUT2D eigenvalue weighted by Crippen LogP contribution is -2.20. The van der Waals surface area contributed by atoms with E-state index in [-0.39, 0.29) is 35.5 Å². The number of carbonyl (C=O) groups is 4. The predicted molar refractivity (Wildman–Crippen MR) is 106 cm³/mol. The Labute approximate surface area is 170 Å². The number of hydrogen-bond donors (Lipinski definition) is 1. The van der Waals surface area contributed by atoms with E-state index in [1.165, 1.54) is 0 Å². The smallest absolute Gasteiger partial charge is 0.316 e. The van der Waals surface area contributed by atoms with Crippen LogP contribution in [0.1, 0.15) is 21.7 Å². The summed E-state index contributed by atoms with van der Waals surface area (Å²) in [6.45, 7) is 1.31. The van der Waals surface area contributed by atoms with Crippen LogP contribution in [0.4, 0.5) is 11.5 Å². The first-order chi connectivity index (χ1) is 13.8. The monoisotopic (exact) mass is 417 g/mol. The maximum absolute atomic E-state index is 12.2. The molecule has 1 aromatic carbocycles. The van der Waals surface area contributed by atoms with Gasteiger partial charge in [-0.1, -0.05) is 5.16 Å². The van der Waals surface area contributed by atoms with Crippen molar-refractivity contribution in [1.29, 1.82) is 0 Å². The van der Waals surface area contributed by atoms with Gasteiger partial charge in [-0.2, -0.15) is 0 Å². The van der Waals surface area contributed by atoms with Crippen LogP contribution in [-0.2, 0) is 25.5 Å². The zero-order valence-corrected chi connectivity index (χ0v) is 16.7. The number of amides is 2. The number of Topliss-reactive ketones (excluding diaryl/α,β-unsaturated/α-hetero) is 1. The van der Waals surface area contributed by atoms with E-state index in [0.29, 0.717) is 17.1 Å². The van der Waals surface area contributed by atoms with E-state index in [1.807, 2.05) is 0 Å². The molecule has 0 aliphatic carbocycles. The van der Waals surface area contributed by atoms with Crippen molar-refractivity contribution < 1.29 is 28.4 Å². The Kier molecular flexibility index (Phi) is 6.32. The third kappa shape index (κ3) is 5.23. The van der Waals surface area contributed by atoms with E-state index in [1.54, 1.807) is 43.1 Å². The fraction of sp³-hybridized carbons (Fsp3) is 0.316. The summed E-state index contributed by atoms with van der Waals surface area (Å²) < 4.78 is 9.81. The fourth-order valence-electron chi connectivity index (χ4n) is 2.75. The number of fused-ring (bicyclic) bond motifs is 1. The van der Waals surface area contributed by atoms with Gasteiger partial charge in [0.25, 0.3) is 0 Å². The van der Waals surface area contributed by atoms with Crippen molar-refractivity contribution in [2.45, 2.75) is 13.3 Å². The van der Waals surface area contributed by atoms with Crippen LogP contribution in [-0.4, -0.2) is 53.9 Å². The van der Waals surface area contributed by atoms with E-state index in [0.717, 1.165) is 23.0 Å². The highest BCUT2D eigenvalue weighted by atomic mass is 32.2. The first-order valence-corrected chi connectivity index (χ1v) is 9.88. The van der Waals surface area contributed by atoms with Crippen molar-refractivity contribution >= 4 is 46.8 Å². The number of aromatic nitrogens is 1. The summed E-state index contributed by atoms with van der Waals surface area (Å²) in [6, 6.07) is 6.54. The lowest BCUT2D eigenvalue weighted by Gasteiger charge is -2.10. The highest BCUT2D eigenvalue weighted by Gasteiger charge is 2.25. The molecule has 0 spiro atoms. The van der Waals surface area contributed by atoms with Crippen LogP contribution in [0.3, 0.4) is 0 Å². The molecule has 0 saturated carbocycles. The van der Waals surface area contributed by atoms with E-state index in [9.17, 15) is 19.2 Å². The van der Waals surface area contributed by atoms with Crippen molar-refractivity contribution in [2.75, 3.05) is 35.4 Å². The van der Waals surface area contributed by atoms with Gasteiger partial charge in [0.1, 0.15) is 5.76 Å². The van der Waals surface area contributed by atoms with Gasteiger partial charge in [-0.3, -0.25) is 19.2 Å². The number of carbonyl (C=O) groups excluding carboxylic acids is 4. The number of hydrogen-bond acceptors (Lipinski definition) is 8. The number of ether oxygens (including phenoxy) is 1. The van der Waals surface area contributed by atoms with Crippen molar-refractivity contribution in [1.82, 2.24) is 5.16 Å². The molecule has 152 valence electrons. The van der Waals surface area contributed by atoms with Gasteiger partial charge in [0.15, 0.2) is 18.2 Å². The molecular formula is C19H19N3O6S. The number of nitrogens with zero attached hydrogens (tertiary/aromatic N) is 2. The van der Waals surface area contributed by atoms with Gasteiger partial charge in [0, 0.05) is 24.4 Å². The van der Waals surface area contributed by atoms with Gasteiger partial charge < -0.3 is 19.5 Å². The molecule has 1 aliphatic heterocycles. The number of aryl methyl sites for hydroxylation is 1. The molecular weight excluding hydrogens is 398 g/mol. The normalized spacial score (nSPS) is 12.6. The Morgan fingerprint density at radius 2 is 2.07 bits per heavy atom. The number of benzene rings is 1. The minimum atomic E-state index is -0.593. The molecule has 0 saturated heterocycles. The number of thioether (sulfide) groups is 1. The fourth-order valence-corrected chi connectivity index (χ4v) is 3.36. The standard InChI is InChI=1S/C19H19N3O6S/c1-11-5-16(21-28-11)20-17(24)9-29-10-19(26)27-8-15(23)12-3-4-14-13(6-12)7-18(25)22(14)2/h3-6H,7-10H2,1-2H3,(H,20,21,24). The molecule has 0 unspecified atom stereocenters. The molecule has 2 heterocycles. The van der Waals surface area contributed by atoms with Crippen LogP contribution in [0.15, 0.2) is 28.8 Å². The maximum atomic E-state index is 12.2. The summed E-state index contributed by atoms with van der Waals surface area (Å²) in [5.74, 6) is -0.465. The van der Waals surface area contributed by atoms with Crippen LogP contribution in [0, 0.1) is 6.92 Å². The largest absolute Gasteiger partial charge is 0.457 e. The minimum absolute atomic E-state index is 0.0291. The van der Waals surface area contributed by atoms with Crippen LogP contribution >= 0.6 is 11.8 Å². The van der Waals surface area contributed by atoms with Crippen molar-refractivity contribution in [3.05, 3.63) is 41.2 Å². The number of nitrogens with one attached hydrogen (secondary N) is 1. The second kappa shape index (κ2) is 8.91.